The van der Waals surface area contributed by atoms with Gasteiger partial charge in [0, 0.05) is 5.57 Å². The molecule has 25 heavy (non-hydrogen) atoms. The van der Waals surface area contributed by atoms with Crippen molar-refractivity contribution in [3.8, 4) is 0 Å². The molecule has 0 heterocycles. The van der Waals surface area contributed by atoms with Crippen LogP contribution in [-0.2, 0) is 0 Å². The average Bonchev–Trinajstić information content (AvgIpc) is 2.27. The standard InChI is InChI=1S/C10H3F15/c1-6(9(20,21)22,10(23,24)25)2(4(11)8(17,18)19)3(5(12)13)7(14,15)16/h1H3/b4-2-. The molecule has 0 N–H and O–H groups in total. The van der Waals surface area contributed by atoms with E-state index in [1.54, 1.807) is 0 Å². The lowest BCUT2D eigenvalue weighted by atomic mass is 9.75. The maximum Gasteiger partial charge on any atom is 0.443 e. The Hall–Kier alpha value is -1.57. The third-order valence-corrected chi connectivity index (χ3v) is 2.82. The van der Waals surface area contributed by atoms with Crippen molar-refractivity contribution in [2.24, 2.45) is 5.41 Å². The van der Waals surface area contributed by atoms with Gasteiger partial charge in [-0.2, -0.15) is 61.5 Å². The number of rotatable bonds is 2. The van der Waals surface area contributed by atoms with E-state index >= 15 is 0 Å². The Morgan fingerprint density at radius 3 is 1.00 bits per heavy atom. The zero-order valence-corrected chi connectivity index (χ0v) is 11.2. The SMILES string of the molecule is CC(/C(C(=C(F)F)C(F)(F)F)=C(\F)C(F)(F)F)(C(F)(F)F)C(F)(F)F. The minimum absolute atomic E-state index is 1.32. The minimum atomic E-state index is -7.05. The van der Waals surface area contributed by atoms with Crippen molar-refractivity contribution in [3.05, 3.63) is 23.1 Å². The third-order valence-electron chi connectivity index (χ3n) is 2.82. The molecule has 0 radical (unpaired) electrons. The molecule has 0 aliphatic heterocycles. The fraction of sp³-hybridized carbons (Fsp3) is 0.600. The van der Waals surface area contributed by atoms with E-state index in [0.717, 1.165) is 0 Å². The highest BCUT2D eigenvalue weighted by molar-refractivity contribution is 5.45. The smallest absolute Gasteiger partial charge is 0.201 e. The Bertz CT molecular complexity index is 543. The number of alkyl halides is 12. The van der Waals surface area contributed by atoms with Crippen LogP contribution in [0.3, 0.4) is 0 Å². The highest BCUT2D eigenvalue weighted by Gasteiger charge is 2.73. The number of halogens is 15. The van der Waals surface area contributed by atoms with Crippen LogP contribution in [0.5, 0.6) is 0 Å². The van der Waals surface area contributed by atoms with E-state index in [9.17, 15) is 65.9 Å². The van der Waals surface area contributed by atoms with Crippen molar-refractivity contribution in [3.63, 3.8) is 0 Å². The lowest BCUT2D eigenvalue weighted by Gasteiger charge is -2.37. The molecule has 0 aromatic heterocycles. The Morgan fingerprint density at radius 1 is 0.520 bits per heavy atom. The Morgan fingerprint density at radius 2 is 0.840 bits per heavy atom. The summed E-state index contributed by atoms with van der Waals surface area (Å²) in [7, 11) is 0. The molecule has 0 bridgehead atoms. The Labute approximate surface area is 127 Å². The van der Waals surface area contributed by atoms with Gasteiger partial charge < -0.3 is 0 Å². The van der Waals surface area contributed by atoms with E-state index in [4.69, 9.17) is 0 Å². The van der Waals surface area contributed by atoms with Gasteiger partial charge in [-0.25, -0.2) is 4.39 Å². The van der Waals surface area contributed by atoms with Crippen LogP contribution in [0.15, 0.2) is 23.1 Å². The fourth-order valence-corrected chi connectivity index (χ4v) is 1.51. The van der Waals surface area contributed by atoms with Gasteiger partial charge in [-0.05, 0) is 6.92 Å². The number of hydrogen-bond acceptors (Lipinski definition) is 0. The van der Waals surface area contributed by atoms with Gasteiger partial charge in [0.05, 0.1) is 0 Å². The van der Waals surface area contributed by atoms with Gasteiger partial charge in [0.25, 0.3) is 6.08 Å². The van der Waals surface area contributed by atoms with Gasteiger partial charge in [0.2, 0.25) is 5.83 Å². The maximum atomic E-state index is 13.2. The molecule has 0 aromatic carbocycles. The molecule has 0 rings (SSSR count). The summed E-state index contributed by atoms with van der Waals surface area (Å²) in [5, 5.41) is 0. The predicted octanol–water partition coefficient (Wildman–Crippen LogP) is 6.62. The van der Waals surface area contributed by atoms with Crippen LogP contribution in [0, 0.1) is 5.41 Å². The molecule has 0 atom stereocenters. The molecule has 0 aliphatic rings. The monoisotopic (exact) mass is 408 g/mol. The fourth-order valence-electron chi connectivity index (χ4n) is 1.51. The van der Waals surface area contributed by atoms with E-state index in [0.29, 0.717) is 0 Å². The molecule has 15 heteroatoms. The minimum Gasteiger partial charge on any atom is -0.201 e. The second-order valence-corrected chi connectivity index (χ2v) is 4.44. The number of hydrogen-bond donors (Lipinski definition) is 0. The van der Waals surface area contributed by atoms with Crippen molar-refractivity contribution >= 4 is 0 Å². The summed E-state index contributed by atoms with van der Waals surface area (Å²) >= 11 is 0. The largest absolute Gasteiger partial charge is 0.443 e. The highest BCUT2D eigenvalue weighted by Crippen LogP contribution is 2.60. The van der Waals surface area contributed by atoms with Crippen molar-refractivity contribution < 1.29 is 65.9 Å². The van der Waals surface area contributed by atoms with Crippen LogP contribution in [0.4, 0.5) is 65.9 Å². The maximum absolute atomic E-state index is 13.2. The van der Waals surface area contributed by atoms with Crippen LogP contribution in [0.25, 0.3) is 0 Å². The molecule has 0 saturated heterocycles. The number of allylic oxidation sites excluding steroid dienone is 3. The van der Waals surface area contributed by atoms with Crippen LogP contribution in [0.1, 0.15) is 6.92 Å². The summed E-state index contributed by atoms with van der Waals surface area (Å²) in [6, 6.07) is 0. The van der Waals surface area contributed by atoms with Gasteiger partial charge >= 0.3 is 24.7 Å². The summed E-state index contributed by atoms with van der Waals surface area (Å²) in [5.74, 6) is -4.61. The summed E-state index contributed by atoms with van der Waals surface area (Å²) in [4.78, 5) is 0. The Balaban J connectivity index is 7.49. The molecule has 148 valence electrons. The lowest BCUT2D eigenvalue weighted by molar-refractivity contribution is -0.320. The second kappa shape index (κ2) is 6.30. The first-order chi connectivity index (χ1) is 10.6. The highest BCUT2D eigenvalue weighted by atomic mass is 19.4. The van der Waals surface area contributed by atoms with Crippen LogP contribution >= 0.6 is 0 Å². The summed E-state index contributed by atoms with van der Waals surface area (Å²) in [5.41, 5.74) is -14.9. The van der Waals surface area contributed by atoms with E-state index in [2.05, 4.69) is 0 Å². The van der Waals surface area contributed by atoms with Crippen molar-refractivity contribution in [2.45, 2.75) is 31.6 Å². The van der Waals surface area contributed by atoms with Crippen LogP contribution in [0.2, 0.25) is 0 Å². The lowest BCUT2D eigenvalue weighted by Crippen LogP contribution is -2.51. The van der Waals surface area contributed by atoms with E-state index in [-0.39, 0.29) is 0 Å². The molecular weight excluding hydrogens is 405 g/mol. The van der Waals surface area contributed by atoms with E-state index < -0.39 is 60.1 Å². The quantitative estimate of drug-likeness (QED) is 0.356. The molecule has 0 amide bonds. The van der Waals surface area contributed by atoms with Gasteiger partial charge in [0.15, 0.2) is 5.41 Å². The Kier molecular flexibility index (Phi) is 5.91. The van der Waals surface area contributed by atoms with Crippen LogP contribution in [-0.4, -0.2) is 24.7 Å². The van der Waals surface area contributed by atoms with E-state index in [1.807, 2.05) is 0 Å². The third kappa shape index (κ3) is 4.34. The van der Waals surface area contributed by atoms with Gasteiger partial charge in [-0.3, -0.25) is 0 Å². The van der Waals surface area contributed by atoms with Gasteiger partial charge in [-0.1, -0.05) is 0 Å². The summed E-state index contributed by atoms with van der Waals surface area (Å²) in [6.45, 7) is -1.32. The zero-order valence-electron chi connectivity index (χ0n) is 11.2. The molecule has 0 aliphatic carbocycles. The van der Waals surface area contributed by atoms with Crippen molar-refractivity contribution in [1.82, 2.24) is 0 Å². The molecule has 0 unspecified atom stereocenters. The second-order valence-electron chi connectivity index (χ2n) is 4.44. The topological polar surface area (TPSA) is 0 Å². The normalized spacial score (nSPS) is 15.8. The first-order valence-electron chi connectivity index (χ1n) is 5.33. The van der Waals surface area contributed by atoms with Crippen molar-refractivity contribution in [1.29, 1.82) is 0 Å². The van der Waals surface area contributed by atoms with E-state index in [1.165, 1.54) is 0 Å². The molecule has 0 nitrogen and oxygen atoms in total. The molecule has 0 aromatic rings. The first-order valence-corrected chi connectivity index (χ1v) is 5.33. The zero-order chi connectivity index (χ0) is 20.8. The van der Waals surface area contributed by atoms with Gasteiger partial charge in [0.1, 0.15) is 5.57 Å². The first kappa shape index (κ1) is 23.4. The molecule has 0 spiro atoms. The molecule has 0 fully saturated rings. The molecular formula is C10H3F15. The van der Waals surface area contributed by atoms with Crippen LogP contribution < -0.4 is 0 Å². The van der Waals surface area contributed by atoms with Crippen molar-refractivity contribution in [2.75, 3.05) is 0 Å². The predicted molar refractivity (Wildman–Crippen MR) is 49.7 cm³/mol. The summed E-state index contributed by atoms with van der Waals surface area (Å²) < 4.78 is 188. The molecule has 0 saturated carbocycles. The van der Waals surface area contributed by atoms with Gasteiger partial charge in [-0.15, -0.1) is 0 Å². The average molecular weight is 408 g/mol. The summed E-state index contributed by atoms with van der Waals surface area (Å²) in [6.07, 6.45) is -32.2.